The molecule has 0 saturated heterocycles. The maximum absolute atomic E-state index is 13.7. The Kier molecular flexibility index (Phi) is 5.07. The second kappa shape index (κ2) is 7.60. The first-order valence-electron chi connectivity index (χ1n) is 7.69. The first-order valence-corrected chi connectivity index (χ1v) is 7.69. The van der Waals surface area contributed by atoms with Crippen LogP contribution in [0.5, 0.6) is 5.75 Å². The number of methoxy groups -OCH3 is 1. The van der Waals surface area contributed by atoms with Gasteiger partial charge in [0.2, 0.25) is 0 Å². The molecule has 0 saturated carbocycles. The summed E-state index contributed by atoms with van der Waals surface area (Å²) in [5.74, 6) is -1.45. The molecule has 0 unspecified atom stereocenters. The normalized spacial score (nSPS) is 10.3. The van der Waals surface area contributed by atoms with E-state index in [0.717, 1.165) is 23.6 Å². The lowest BCUT2D eigenvalue weighted by Crippen LogP contribution is -2.14. The van der Waals surface area contributed by atoms with Crippen molar-refractivity contribution in [3.05, 3.63) is 78.1 Å². The largest absolute Gasteiger partial charge is 0.497 e. The van der Waals surface area contributed by atoms with Crippen molar-refractivity contribution in [2.45, 2.75) is 0 Å². The zero-order chi connectivity index (χ0) is 18.5. The van der Waals surface area contributed by atoms with Crippen LogP contribution in [0.1, 0.15) is 10.5 Å². The molecule has 0 aliphatic carbocycles. The lowest BCUT2D eigenvalue weighted by Gasteiger charge is -2.09. The number of benzene rings is 2. The Hall–Kier alpha value is -3.48. The van der Waals surface area contributed by atoms with Crippen molar-refractivity contribution < 1.29 is 18.3 Å². The van der Waals surface area contributed by atoms with E-state index >= 15 is 0 Å². The summed E-state index contributed by atoms with van der Waals surface area (Å²) in [6.07, 6.45) is 1.46. The molecule has 1 heterocycles. The van der Waals surface area contributed by atoms with Crippen molar-refractivity contribution in [3.8, 4) is 5.75 Å². The van der Waals surface area contributed by atoms with E-state index in [1.807, 2.05) is 12.1 Å². The van der Waals surface area contributed by atoms with Gasteiger partial charge in [-0.25, -0.2) is 8.78 Å². The van der Waals surface area contributed by atoms with E-state index in [9.17, 15) is 13.6 Å². The monoisotopic (exact) mass is 355 g/mol. The molecule has 0 fully saturated rings. The summed E-state index contributed by atoms with van der Waals surface area (Å²) in [6, 6.07) is 13.4. The highest BCUT2D eigenvalue weighted by atomic mass is 19.1. The van der Waals surface area contributed by atoms with Gasteiger partial charge in [-0.15, -0.1) is 0 Å². The van der Waals surface area contributed by atoms with Crippen LogP contribution in [-0.4, -0.2) is 18.0 Å². The SMILES string of the molecule is COc1ccc(Nc2ccnc(C(=O)Nc3ccc(F)cc3F)c2)cc1. The first kappa shape index (κ1) is 17.3. The highest BCUT2D eigenvalue weighted by Gasteiger charge is 2.12. The van der Waals surface area contributed by atoms with Crippen molar-refractivity contribution in [1.82, 2.24) is 4.98 Å². The van der Waals surface area contributed by atoms with Crippen LogP contribution in [0.4, 0.5) is 25.8 Å². The highest BCUT2D eigenvalue weighted by Crippen LogP contribution is 2.21. The second-order valence-electron chi connectivity index (χ2n) is 5.36. The topological polar surface area (TPSA) is 63.2 Å². The van der Waals surface area contributed by atoms with Crippen LogP contribution in [0.25, 0.3) is 0 Å². The number of nitrogens with one attached hydrogen (secondary N) is 2. The maximum Gasteiger partial charge on any atom is 0.274 e. The van der Waals surface area contributed by atoms with E-state index in [1.54, 1.807) is 25.3 Å². The minimum Gasteiger partial charge on any atom is -0.497 e. The number of amides is 1. The van der Waals surface area contributed by atoms with Gasteiger partial charge < -0.3 is 15.4 Å². The molecule has 7 heteroatoms. The molecule has 3 aromatic rings. The summed E-state index contributed by atoms with van der Waals surface area (Å²) >= 11 is 0. The molecule has 0 radical (unpaired) electrons. The predicted molar refractivity (Wildman–Crippen MR) is 94.8 cm³/mol. The second-order valence-corrected chi connectivity index (χ2v) is 5.36. The lowest BCUT2D eigenvalue weighted by atomic mass is 10.2. The Balaban J connectivity index is 1.74. The number of pyridine rings is 1. The van der Waals surface area contributed by atoms with Gasteiger partial charge in [-0.3, -0.25) is 9.78 Å². The molecule has 2 N–H and O–H groups in total. The molecule has 0 spiro atoms. The minimum atomic E-state index is -0.856. The fourth-order valence-electron chi connectivity index (χ4n) is 2.25. The summed E-state index contributed by atoms with van der Waals surface area (Å²) in [6.45, 7) is 0. The first-order chi connectivity index (χ1) is 12.5. The molecule has 5 nitrogen and oxygen atoms in total. The third-order valence-electron chi connectivity index (χ3n) is 3.55. The van der Waals surface area contributed by atoms with Crippen LogP contribution in [0.2, 0.25) is 0 Å². The molecule has 26 heavy (non-hydrogen) atoms. The van der Waals surface area contributed by atoms with Crippen molar-refractivity contribution in [2.24, 2.45) is 0 Å². The van der Waals surface area contributed by atoms with E-state index in [4.69, 9.17) is 4.74 Å². The molecular weight excluding hydrogens is 340 g/mol. The molecule has 0 atom stereocenters. The van der Waals surface area contributed by atoms with Crippen molar-refractivity contribution in [2.75, 3.05) is 17.7 Å². The molecule has 1 amide bonds. The number of rotatable bonds is 5. The number of anilines is 3. The molecule has 2 aromatic carbocycles. The summed E-state index contributed by atoms with van der Waals surface area (Å²) in [5, 5.41) is 5.51. The standard InChI is InChI=1S/C19H15F2N3O2/c1-26-15-5-3-13(4-6-15)23-14-8-9-22-18(11-14)19(25)24-17-7-2-12(20)10-16(17)21/h2-11H,1H3,(H,22,23)(H,24,25). The van der Waals surface area contributed by atoms with Crippen LogP contribution in [-0.2, 0) is 0 Å². The molecular formula is C19H15F2N3O2. The van der Waals surface area contributed by atoms with Gasteiger partial charge in [0.15, 0.2) is 0 Å². The molecule has 3 rings (SSSR count). The number of halogens is 2. The third-order valence-corrected chi connectivity index (χ3v) is 3.55. The predicted octanol–water partition coefficient (Wildman–Crippen LogP) is 4.36. The van der Waals surface area contributed by atoms with Crippen LogP contribution in [0, 0.1) is 11.6 Å². The van der Waals surface area contributed by atoms with Gasteiger partial charge in [0.05, 0.1) is 12.8 Å². The zero-order valence-corrected chi connectivity index (χ0v) is 13.8. The Bertz CT molecular complexity index is 930. The van der Waals surface area contributed by atoms with Gasteiger partial charge in [-0.2, -0.15) is 0 Å². The fraction of sp³-hybridized carbons (Fsp3) is 0.0526. The third kappa shape index (κ3) is 4.13. The summed E-state index contributed by atoms with van der Waals surface area (Å²) in [7, 11) is 1.58. The molecule has 1 aromatic heterocycles. The summed E-state index contributed by atoms with van der Waals surface area (Å²) < 4.78 is 31.7. The lowest BCUT2D eigenvalue weighted by molar-refractivity contribution is 0.102. The molecule has 0 bridgehead atoms. The number of carbonyl (C=O) groups is 1. The van der Waals surface area contributed by atoms with Crippen LogP contribution in [0.15, 0.2) is 60.8 Å². The van der Waals surface area contributed by atoms with Crippen molar-refractivity contribution in [1.29, 1.82) is 0 Å². The molecule has 132 valence electrons. The zero-order valence-electron chi connectivity index (χ0n) is 13.8. The fourth-order valence-corrected chi connectivity index (χ4v) is 2.25. The summed E-state index contributed by atoms with van der Waals surface area (Å²) in [5.41, 5.74) is 1.40. The van der Waals surface area contributed by atoms with Crippen molar-refractivity contribution >= 4 is 23.0 Å². The van der Waals surface area contributed by atoms with E-state index in [0.29, 0.717) is 11.8 Å². The summed E-state index contributed by atoms with van der Waals surface area (Å²) in [4.78, 5) is 16.2. The quantitative estimate of drug-likeness (QED) is 0.714. The van der Waals surface area contributed by atoms with Gasteiger partial charge in [-0.05, 0) is 48.5 Å². The Labute approximate surface area is 148 Å². The number of carbonyl (C=O) groups excluding carboxylic acids is 1. The number of ether oxygens (including phenoxy) is 1. The minimum absolute atomic E-state index is 0.0900. The molecule has 0 aliphatic heterocycles. The van der Waals surface area contributed by atoms with Gasteiger partial charge in [0.25, 0.3) is 5.91 Å². The average Bonchev–Trinajstić information content (AvgIpc) is 2.65. The van der Waals surface area contributed by atoms with Gasteiger partial charge >= 0.3 is 0 Å². The van der Waals surface area contributed by atoms with E-state index < -0.39 is 17.5 Å². The van der Waals surface area contributed by atoms with E-state index in [-0.39, 0.29) is 11.4 Å². The van der Waals surface area contributed by atoms with Gasteiger partial charge in [-0.1, -0.05) is 0 Å². The van der Waals surface area contributed by atoms with E-state index in [2.05, 4.69) is 15.6 Å². The van der Waals surface area contributed by atoms with Crippen LogP contribution >= 0.6 is 0 Å². The van der Waals surface area contributed by atoms with Crippen LogP contribution in [0.3, 0.4) is 0 Å². The van der Waals surface area contributed by atoms with E-state index in [1.165, 1.54) is 12.3 Å². The maximum atomic E-state index is 13.7. The van der Waals surface area contributed by atoms with Gasteiger partial charge in [0, 0.05) is 23.6 Å². The smallest absolute Gasteiger partial charge is 0.274 e. The van der Waals surface area contributed by atoms with Gasteiger partial charge in [0.1, 0.15) is 23.1 Å². The Morgan fingerprint density at radius 3 is 2.46 bits per heavy atom. The Morgan fingerprint density at radius 2 is 1.77 bits per heavy atom. The number of hydrogen-bond acceptors (Lipinski definition) is 4. The van der Waals surface area contributed by atoms with Crippen LogP contribution < -0.4 is 15.4 Å². The average molecular weight is 355 g/mol. The molecule has 0 aliphatic rings. The highest BCUT2D eigenvalue weighted by molar-refractivity contribution is 6.03. The number of hydrogen-bond donors (Lipinski definition) is 2. The number of nitrogens with zero attached hydrogens (tertiary/aromatic N) is 1. The van der Waals surface area contributed by atoms with Crippen molar-refractivity contribution in [3.63, 3.8) is 0 Å². The number of aromatic nitrogens is 1. The Morgan fingerprint density at radius 1 is 1.00 bits per heavy atom.